The van der Waals surface area contributed by atoms with Crippen LogP contribution < -0.4 is 0 Å². The molecule has 2 aliphatic rings. The first-order valence-corrected chi connectivity index (χ1v) is 9.51. The molecule has 2 aromatic carbocycles. The Labute approximate surface area is 157 Å². The number of H-pyrrole nitrogens is 1. The largest absolute Gasteiger partial charge is 0.357 e. The molecule has 2 aliphatic heterocycles. The fraction of sp³-hybridized carbons (Fsp3) is 0.318. The summed E-state index contributed by atoms with van der Waals surface area (Å²) in [5.74, 6) is -0.246. The van der Waals surface area contributed by atoms with Gasteiger partial charge in [0, 0.05) is 54.4 Å². The maximum absolute atomic E-state index is 13.1. The number of halogens is 1. The molecule has 4 nitrogen and oxygen atoms in total. The molecule has 3 aromatic rings. The Balaban J connectivity index is 1.31. The van der Waals surface area contributed by atoms with Crippen LogP contribution >= 0.6 is 0 Å². The molecule has 0 bridgehead atoms. The molecule has 0 radical (unpaired) electrons. The number of piperazine rings is 1. The number of hydrogen-bond donors (Lipinski definition) is 1. The molecule has 0 amide bonds. The third-order valence-electron chi connectivity index (χ3n) is 5.93. The molecule has 1 N–H and O–H groups in total. The Hall–Kier alpha value is -2.50. The minimum atomic E-state index is -0.308. The number of aromatic amines is 1. The van der Waals surface area contributed by atoms with Crippen molar-refractivity contribution in [1.82, 2.24) is 14.8 Å². The van der Waals surface area contributed by atoms with E-state index in [1.165, 1.54) is 34.3 Å². The highest BCUT2D eigenvalue weighted by Crippen LogP contribution is 2.31. The van der Waals surface area contributed by atoms with Crippen molar-refractivity contribution in [2.45, 2.75) is 19.0 Å². The lowest BCUT2D eigenvalue weighted by Gasteiger charge is -2.43. The second-order valence-corrected chi connectivity index (χ2v) is 7.62. The van der Waals surface area contributed by atoms with Crippen molar-refractivity contribution in [3.05, 3.63) is 71.2 Å². The summed E-state index contributed by atoms with van der Waals surface area (Å²) in [7, 11) is 0. The number of hydrogen-bond acceptors (Lipinski definition) is 3. The number of benzene rings is 2. The summed E-state index contributed by atoms with van der Waals surface area (Å²) < 4.78 is 13.1. The lowest BCUT2D eigenvalue weighted by atomic mass is 9.94. The number of Topliss-reactive ketones (excluding diaryl/α,β-unsaturated/α-hetero) is 1. The van der Waals surface area contributed by atoms with Crippen molar-refractivity contribution >= 4 is 16.7 Å². The van der Waals surface area contributed by atoms with E-state index in [0.717, 1.165) is 32.6 Å². The number of nitrogens with one attached hydrogen (secondary N) is 1. The number of ketones is 1. The number of nitrogens with zero attached hydrogens (tertiary/aromatic N) is 2. The molecule has 5 rings (SSSR count). The SMILES string of the molecule is O=C(CN1CCN2Cc3[nH]c4ccccc4c3CC2C1)c1ccc(F)cc1. The maximum atomic E-state index is 13.1. The van der Waals surface area contributed by atoms with Gasteiger partial charge in [-0.25, -0.2) is 4.39 Å². The quantitative estimate of drug-likeness (QED) is 0.726. The monoisotopic (exact) mass is 363 g/mol. The summed E-state index contributed by atoms with van der Waals surface area (Å²) in [6, 6.07) is 14.8. The third-order valence-corrected chi connectivity index (χ3v) is 5.93. The number of rotatable bonds is 3. The minimum Gasteiger partial charge on any atom is -0.357 e. The summed E-state index contributed by atoms with van der Waals surface area (Å²) in [5, 5.41) is 1.33. The number of carbonyl (C=O) groups excluding carboxylic acids is 1. The molecule has 1 atom stereocenters. The Morgan fingerprint density at radius 3 is 2.78 bits per heavy atom. The summed E-state index contributed by atoms with van der Waals surface area (Å²) in [4.78, 5) is 20.9. The van der Waals surface area contributed by atoms with E-state index >= 15 is 0 Å². The van der Waals surface area contributed by atoms with Crippen LogP contribution in [0.25, 0.3) is 10.9 Å². The molecule has 1 aromatic heterocycles. The van der Waals surface area contributed by atoms with Gasteiger partial charge in [-0.05, 0) is 42.3 Å². The zero-order valence-corrected chi connectivity index (χ0v) is 15.1. The van der Waals surface area contributed by atoms with E-state index < -0.39 is 0 Å². The normalized spacial score (nSPS) is 20.4. The van der Waals surface area contributed by atoms with Crippen molar-refractivity contribution < 1.29 is 9.18 Å². The molecule has 3 heterocycles. The van der Waals surface area contributed by atoms with Crippen molar-refractivity contribution in [3.63, 3.8) is 0 Å². The lowest BCUT2D eigenvalue weighted by molar-refractivity contribution is 0.0552. The first kappa shape index (κ1) is 16.7. The van der Waals surface area contributed by atoms with Crippen LogP contribution in [0.1, 0.15) is 21.6 Å². The summed E-state index contributed by atoms with van der Waals surface area (Å²) >= 11 is 0. The highest BCUT2D eigenvalue weighted by Gasteiger charge is 2.33. The van der Waals surface area contributed by atoms with Crippen LogP contribution in [0, 0.1) is 5.82 Å². The Bertz CT molecular complexity index is 994. The van der Waals surface area contributed by atoms with Gasteiger partial charge in [-0.15, -0.1) is 0 Å². The van der Waals surface area contributed by atoms with E-state index in [0.29, 0.717) is 18.2 Å². The van der Waals surface area contributed by atoms with E-state index in [2.05, 4.69) is 39.0 Å². The van der Waals surface area contributed by atoms with Crippen LogP contribution in [0.2, 0.25) is 0 Å². The predicted octanol–water partition coefficient (Wildman–Crippen LogP) is 3.23. The molecule has 0 aliphatic carbocycles. The van der Waals surface area contributed by atoms with Crippen LogP contribution in [0.15, 0.2) is 48.5 Å². The molecular weight excluding hydrogens is 341 g/mol. The predicted molar refractivity (Wildman–Crippen MR) is 103 cm³/mol. The third kappa shape index (κ3) is 3.07. The molecule has 1 saturated heterocycles. The van der Waals surface area contributed by atoms with Gasteiger partial charge < -0.3 is 4.98 Å². The topological polar surface area (TPSA) is 39.3 Å². The Morgan fingerprint density at radius 1 is 1.11 bits per heavy atom. The van der Waals surface area contributed by atoms with E-state index in [1.807, 2.05) is 0 Å². The molecule has 138 valence electrons. The van der Waals surface area contributed by atoms with E-state index in [-0.39, 0.29) is 11.6 Å². The van der Waals surface area contributed by atoms with Gasteiger partial charge >= 0.3 is 0 Å². The lowest BCUT2D eigenvalue weighted by Crippen LogP contribution is -2.55. The van der Waals surface area contributed by atoms with Gasteiger partial charge in [0.15, 0.2) is 5.78 Å². The van der Waals surface area contributed by atoms with Gasteiger partial charge in [0.25, 0.3) is 0 Å². The zero-order valence-electron chi connectivity index (χ0n) is 15.1. The van der Waals surface area contributed by atoms with Gasteiger partial charge in [-0.2, -0.15) is 0 Å². The van der Waals surface area contributed by atoms with Crippen LogP contribution in [0.5, 0.6) is 0 Å². The van der Waals surface area contributed by atoms with Crippen LogP contribution in [0.4, 0.5) is 4.39 Å². The summed E-state index contributed by atoms with van der Waals surface area (Å²) in [6.45, 7) is 4.10. The fourth-order valence-electron chi connectivity index (χ4n) is 4.50. The maximum Gasteiger partial charge on any atom is 0.176 e. The molecule has 27 heavy (non-hydrogen) atoms. The second kappa shape index (κ2) is 6.59. The van der Waals surface area contributed by atoms with Crippen molar-refractivity contribution in [3.8, 4) is 0 Å². The smallest absolute Gasteiger partial charge is 0.176 e. The second-order valence-electron chi connectivity index (χ2n) is 7.62. The summed E-state index contributed by atoms with van der Waals surface area (Å²) in [5.41, 5.74) is 4.56. The number of aromatic nitrogens is 1. The first-order chi connectivity index (χ1) is 13.2. The van der Waals surface area contributed by atoms with Crippen molar-refractivity contribution in [2.24, 2.45) is 0 Å². The van der Waals surface area contributed by atoms with Crippen molar-refractivity contribution in [1.29, 1.82) is 0 Å². The van der Waals surface area contributed by atoms with Gasteiger partial charge in [0.2, 0.25) is 0 Å². The molecule has 1 fully saturated rings. The Kier molecular flexibility index (Phi) is 4.06. The number of carbonyl (C=O) groups is 1. The molecule has 0 spiro atoms. The van der Waals surface area contributed by atoms with E-state index in [4.69, 9.17) is 0 Å². The van der Waals surface area contributed by atoms with Crippen LogP contribution in [-0.2, 0) is 13.0 Å². The standard InChI is InChI=1S/C22H22FN3O/c23-16-7-5-15(6-8-16)22(27)14-25-9-10-26-13-21-19(11-17(26)12-25)18-3-1-2-4-20(18)24-21/h1-8,17,24H,9-14H2. The van der Waals surface area contributed by atoms with E-state index in [1.54, 1.807) is 12.1 Å². The Morgan fingerprint density at radius 2 is 1.93 bits per heavy atom. The van der Waals surface area contributed by atoms with Gasteiger partial charge in [0.05, 0.1) is 6.54 Å². The first-order valence-electron chi connectivity index (χ1n) is 9.51. The van der Waals surface area contributed by atoms with Crippen molar-refractivity contribution in [2.75, 3.05) is 26.2 Å². The van der Waals surface area contributed by atoms with Gasteiger partial charge in [-0.1, -0.05) is 18.2 Å². The molecular formula is C22H22FN3O. The highest BCUT2D eigenvalue weighted by atomic mass is 19.1. The molecule has 5 heteroatoms. The van der Waals surface area contributed by atoms with Crippen LogP contribution in [-0.4, -0.2) is 52.8 Å². The van der Waals surface area contributed by atoms with Gasteiger partial charge in [-0.3, -0.25) is 14.6 Å². The minimum absolute atomic E-state index is 0.0621. The number of para-hydroxylation sites is 1. The summed E-state index contributed by atoms with van der Waals surface area (Å²) in [6.07, 6.45) is 1.01. The molecule has 0 saturated carbocycles. The average Bonchev–Trinajstić information content (AvgIpc) is 3.04. The average molecular weight is 363 g/mol. The van der Waals surface area contributed by atoms with E-state index in [9.17, 15) is 9.18 Å². The van der Waals surface area contributed by atoms with Crippen LogP contribution in [0.3, 0.4) is 0 Å². The number of fused-ring (bicyclic) bond motifs is 4. The fourth-order valence-corrected chi connectivity index (χ4v) is 4.50. The highest BCUT2D eigenvalue weighted by molar-refractivity contribution is 5.97. The van der Waals surface area contributed by atoms with Gasteiger partial charge in [0.1, 0.15) is 5.82 Å². The zero-order chi connectivity index (χ0) is 18.4. The molecule has 1 unspecified atom stereocenters.